The predicted octanol–water partition coefficient (Wildman–Crippen LogP) is 2.86. The summed E-state index contributed by atoms with van der Waals surface area (Å²) in [6.45, 7) is 6.70. The lowest BCUT2D eigenvalue weighted by Crippen LogP contribution is -2.22. The van der Waals surface area contributed by atoms with Gasteiger partial charge in [0.25, 0.3) is 0 Å². The topological polar surface area (TPSA) is 72.8 Å². The summed E-state index contributed by atoms with van der Waals surface area (Å²) in [5.41, 5.74) is 1.68. The highest BCUT2D eigenvalue weighted by atomic mass is 32.2. The van der Waals surface area contributed by atoms with Crippen molar-refractivity contribution in [2.75, 3.05) is 0 Å². The van der Waals surface area contributed by atoms with E-state index >= 15 is 0 Å². The lowest BCUT2D eigenvalue weighted by Gasteiger charge is -2.08. The molecule has 21 heavy (non-hydrogen) atoms. The molecule has 2 rings (SSSR count). The first-order valence-electron chi connectivity index (χ1n) is 6.34. The second kappa shape index (κ2) is 6.44. The largest absolute Gasteiger partial charge is 0.298 e. The molecule has 0 amide bonds. The van der Waals surface area contributed by atoms with E-state index in [1.165, 1.54) is 13.8 Å². The van der Waals surface area contributed by atoms with Crippen LogP contribution in [0.5, 0.6) is 0 Å². The minimum absolute atomic E-state index is 0.174. The molecule has 0 fully saturated rings. The quantitative estimate of drug-likeness (QED) is 0.623. The van der Waals surface area contributed by atoms with Gasteiger partial charge in [0, 0.05) is 0 Å². The summed E-state index contributed by atoms with van der Waals surface area (Å²) in [6, 6.07) is 3.62. The van der Waals surface area contributed by atoms with E-state index in [1.54, 1.807) is 17.4 Å². The minimum atomic E-state index is -0.711. The first kappa shape index (κ1) is 15.8. The summed E-state index contributed by atoms with van der Waals surface area (Å²) in [5.74, 6) is -0.348. The molecule has 0 radical (unpaired) electrons. The van der Waals surface area contributed by atoms with Crippen molar-refractivity contribution < 1.29 is 9.59 Å². The number of nitrogens with zero attached hydrogens (tertiary/aromatic N) is 3. The standard InChI is InChI=1S/C14H15N3O2S2/c1-7-13(20-10(4)15-7)11-5-6-12(17-16-11)21-14(8(2)18)9(3)19/h5-6,14H,1-4H3. The summed E-state index contributed by atoms with van der Waals surface area (Å²) in [5, 5.41) is 9.10. The Morgan fingerprint density at radius 1 is 1.14 bits per heavy atom. The van der Waals surface area contributed by atoms with E-state index in [4.69, 9.17) is 0 Å². The van der Waals surface area contributed by atoms with Gasteiger partial charge in [0.1, 0.15) is 16.0 Å². The summed E-state index contributed by atoms with van der Waals surface area (Å²) < 4.78 is 0. The molecule has 0 bridgehead atoms. The summed E-state index contributed by atoms with van der Waals surface area (Å²) in [4.78, 5) is 28.2. The number of ketones is 2. The highest BCUT2D eigenvalue weighted by molar-refractivity contribution is 8.01. The van der Waals surface area contributed by atoms with Crippen LogP contribution in [0, 0.1) is 13.8 Å². The molecule has 110 valence electrons. The molecule has 2 aromatic heterocycles. The fourth-order valence-corrected chi connectivity index (χ4v) is 3.54. The van der Waals surface area contributed by atoms with Gasteiger partial charge in [-0.05, 0) is 39.8 Å². The highest BCUT2D eigenvalue weighted by Crippen LogP contribution is 2.29. The van der Waals surface area contributed by atoms with Crippen molar-refractivity contribution in [1.29, 1.82) is 0 Å². The molecule has 5 nitrogen and oxygen atoms in total. The number of hydrogen-bond acceptors (Lipinski definition) is 7. The molecule has 0 spiro atoms. The van der Waals surface area contributed by atoms with Crippen LogP contribution in [0.3, 0.4) is 0 Å². The summed E-state index contributed by atoms with van der Waals surface area (Å²) >= 11 is 2.70. The number of carbonyl (C=O) groups excluding carboxylic acids is 2. The fraction of sp³-hybridized carbons (Fsp3) is 0.357. The zero-order valence-electron chi connectivity index (χ0n) is 12.2. The van der Waals surface area contributed by atoms with E-state index in [-0.39, 0.29) is 11.6 Å². The third kappa shape index (κ3) is 3.74. The Morgan fingerprint density at radius 2 is 1.81 bits per heavy atom. The van der Waals surface area contributed by atoms with Crippen LogP contribution in [0.2, 0.25) is 0 Å². The van der Waals surface area contributed by atoms with Gasteiger partial charge in [-0.25, -0.2) is 4.98 Å². The molecule has 0 atom stereocenters. The smallest absolute Gasteiger partial charge is 0.150 e. The van der Waals surface area contributed by atoms with Gasteiger partial charge in [0.2, 0.25) is 0 Å². The molecule has 0 saturated heterocycles. The normalized spacial score (nSPS) is 10.9. The number of aryl methyl sites for hydroxylation is 2. The number of carbonyl (C=O) groups is 2. The average Bonchev–Trinajstić information content (AvgIpc) is 2.75. The number of Topliss-reactive ketones (excluding diaryl/α,β-unsaturated/α-hetero) is 2. The van der Waals surface area contributed by atoms with Crippen molar-refractivity contribution in [3.63, 3.8) is 0 Å². The van der Waals surface area contributed by atoms with Crippen molar-refractivity contribution in [3.8, 4) is 10.6 Å². The zero-order chi connectivity index (χ0) is 15.6. The van der Waals surface area contributed by atoms with Gasteiger partial charge in [-0.15, -0.1) is 21.5 Å². The molecule has 0 aliphatic rings. The second-order valence-electron chi connectivity index (χ2n) is 4.62. The van der Waals surface area contributed by atoms with Gasteiger partial charge in [0.15, 0.2) is 11.6 Å². The van der Waals surface area contributed by atoms with Crippen LogP contribution in [0.1, 0.15) is 24.5 Å². The maximum absolute atomic E-state index is 11.4. The van der Waals surface area contributed by atoms with E-state index in [9.17, 15) is 9.59 Å². The number of thioether (sulfide) groups is 1. The van der Waals surface area contributed by atoms with Crippen molar-refractivity contribution in [2.45, 2.75) is 38.0 Å². The van der Waals surface area contributed by atoms with Gasteiger partial charge >= 0.3 is 0 Å². The van der Waals surface area contributed by atoms with E-state index in [0.29, 0.717) is 5.03 Å². The third-order valence-electron chi connectivity index (χ3n) is 2.75. The monoisotopic (exact) mass is 321 g/mol. The summed E-state index contributed by atoms with van der Waals surface area (Å²) in [7, 11) is 0. The van der Waals surface area contributed by atoms with Crippen LogP contribution in [0.25, 0.3) is 10.6 Å². The molecule has 2 aromatic rings. The van der Waals surface area contributed by atoms with E-state index in [1.807, 2.05) is 19.9 Å². The molecule has 2 heterocycles. The third-order valence-corrected chi connectivity index (χ3v) is 5.21. The van der Waals surface area contributed by atoms with Crippen LogP contribution in [0.4, 0.5) is 0 Å². The molecular weight excluding hydrogens is 306 g/mol. The van der Waals surface area contributed by atoms with Crippen LogP contribution in [-0.2, 0) is 9.59 Å². The summed E-state index contributed by atoms with van der Waals surface area (Å²) in [6.07, 6.45) is 0. The molecule has 0 aromatic carbocycles. The first-order valence-corrected chi connectivity index (χ1v) is 8.03. The molecule has 0 unspecified atom stereocenters. The maximum atomic E-state index is 11.4. The number of aromatic nitrogens is 3. The number of thiazole rings is 1. The maximum Gasteiger partial charge on any atom is 0.150 e. The predicted molar refractivity (Wildman–Crippen MR) is 83.6 cm³/mol. The van der Waals surface area contributed by atoms with Crippen molar-refractivity contribution in [2.24, 2.45) is 0 Å². The van der Waals surface area contributed by atoms with Gasteiger partial charge in [0.05, 0.1) is 15.6 Å². The highest BCUT2D eigenvalue weighted by Gasteiger charge is 2.21. The molecule has 0 N–H and O–H groups in total. The fourth-order valence-electron chi connectivity index (χ4n) is 1.85. The minimum Gasteiger partial charge on any atom is -0.298 e. The molecule has 0 aliphatic carbocycles. The Bertz CT molecular complexity index is 666. The average molecular weight is 321 g/mol. The van der Waals surface area contributed by atoms with Gasteiger partial charge < -0.3 is 0 Å². The SMILES string of the molecule is CC(=O)C(Sc1ccc(-c2sc(C)nc2C)nn1)C(C)=O. The Kier molecular flexibility index (Phi) is 4.84. The Morgan fingerprint density at radius 3 is 2.24 bits per heavy atom. The van der Waals surface area contributed by atoms with E-state index < -0.39 is 5.25 Å². The lowest BCUT2D eigenvalue weighted by molar-refractivity contribution is -0.123. The Labute approximate surface area is 131 Å². The van der Waals surface area contributed by atoms with Crippen LogP contribution < -0.4 is 0 Å². The first-order chi connectivity index (χ1) is 9.88. The van der Waals surface area contributed by atoms with Gasteiger partial charge in [-0.1, -0.05) is 11.8 Å². The molecular formula is C14H15N3O2S2. The van der Waals surface area contributed by atoms with Crippen molar-refractivity contribution in [3.05, 3.63) is 22.8 Å². The Hall–Kier alpha value is -1.60. The van der Waals surface area contributed by atoms with Gasteiger partial charge in [-0.2, -0.15) is 0 Å². The molecule has 7 heteroatoms. The van der Waals surface area contributed by atoms with Gasteiger partial charge in [-0.3, -0.25) is 9.59 Å². The van der Waals surface area contributed by atoms with Crippen molar-refractivity contribution >= 4 is 34.7 Å². The van der Waals surface area contributed by atoms with Crippen LogP contribution in [0.15, 0.2) is 17.2 Å². The Balaban J connectivity index is 2.21. The number of rotatable bonds is 5. The molecule has 0 saturated carbocycles. The molecule has 0 aliphatic heterocycles. The lowest BCUT2D eigenvalue weighted by atomic mass is 10.2. The van der Waals surface area contributed by atoms with E-state index in [0.717, 1.165) is 33.0 Å². The van der Waals surface area contributed by atoms with Crippen molar-refractivity contribution in [1.82, 2.24) is 15.2 Å². The van der Waals surface area contributed by atoms with Crippen LogP contribution >= 0.6 is 23.1 Å². The van der Waals surface area contributed by atoms with E-state index in [2.05, 4.69) is 15.2 Å². The van der Waals surface area contributed by atoms with Crippen LogP contribution in [-0.4, -0.2) is 32.0 Å². The second-order valence-corrected chi connectivity index (χ2v) is 6.95. The zero-order valence-corrected chi connectivity index (χ0v) is 13.8. The number of hydrogen-bond donors (Lipinski definition) is 0.